The molecule has 0 amide bonds. The zero-order valence-corrected chi connectivity index (χ0v) is 16.8. The molecule has 2 aliphatic carbocycles. The number of nitrogens with zero attached hydrogens (tertiary/aromatic N) is 3. The molecular formula is C28H17N3. The number of hydrogen-bond donors (Lipinski definition) is 0. The van der Waals surface area contributed by atoms with E-state index in [1.165, 1.54) is 60.7 Å². The molecule has 0 radical (unpaired) electrons. The second-order valence-corrected chi connectivity index (χ2v) is 8.69. The Morgan fingerprint density at radius 2 is 1.48 bits per heavy atom. The number of benzene rings is 3. The van der Waals surface area contributed by atoms with Crippen LogP contribution in [0.2, 0.25) is 0 Å². The van der Waals surface area contributed by atoms with Crippen LogP contribution in [0.4, 0.5) is 0 Å². The fourth-order valence-corrected chi connectivity index (χ4v) is 5.84. The molecule has 2 aliphatic rings. The highest BCUT2D eigenvalue weighted by atomic mass is 15.0. The topological polar surface area (TPSA) is 30.2 Å². The van der Waals surface area contributed by atoms with Gasteiger partial charge < -0.3 is 0 Å². The van der Waals surface area contributed by atoms with Gasteiger partial charge in [0.15, 0.2) is 0 Å². The van der Waals surface area contributed by atoms with E-state index in [2.05, 4.69) is 64.0 Å². The van der Waals surface area contributed by atoms with Crippen LogP contribution in [0.1, 0.15) is 22.3 Å². The molecule has 31 heavy (non-hydrogen) atoms. The highest BCUT2D eigenvalue weighted by Crippen LogP contribution is 2.48. The minimum absolute atomic E-state index is 0.962. The summed E-state index contributed by atoms with van der Waals surface area (Å²) < 4.78 is 2.14. The maximum Gasteiger partial charge on any atom is 0.146 e. The molecule has 0 bridgehead atoms. The maximum absolute atomic E-state index is 4.78. The first-order valence-corrected chi connectivity index (χ1v) is 10.8. The number of hydrogen-bond acceptors (Lipinski definition) is 2. The van der Waals surface area contributed by atoms with Gasteiger partial charge in [0.1, 0.15) is 11.3 Å². The highest BCUT2D eigenvalue weighted by Gasteiger charge is 2.28. The van der Waals surface area contributed by atoms with E-state index in [0.717, 1.165) is 24.1 Å². The van der Waals surface area contributed by atoms with Crippen LogP contribution in [0.5, 0.6) is 0 Å². The third kappa shape index (κ3) is 1.89. The van der Waals surface area contributed by atoms with Gasteiger partial charge >= 0.3 is 0 Å². The molecule has 0 fully saturated rings. The first kappa shape index (κ1) is 15.8. The lowest BCUT2D eigenvalue weighted by Gasteiger charge is -2.13. The summed E-state index contributed by atoms with van der Waals surface area (Å²) in [4.78, 5) is 9.44. The fraction of sp³-hybridized carbons (Fsp3) is 0.0714. The monoisotopic (exact) mass is 395 g/mol. The van der Waals surface area contributed by atoms with Gasteiger partial charge in [-0.1, -0.05) is 42.5 Å². The molecule has 0 atom stereocenters. The average molecular weight is 395 g/mol. The van der Waals surface area contributed by atoms with Crippen LogP contribution in [-0.4, -0.2) is 14.4 Å². The fourth-order valence-electron chi connectivity index (χ4n) is 5.84. The number of fused-ring (bicyclic) bond motifs is 13. The van der Waals surface area contributed by atoms with Crippen LogP contribution in [-0.2, 0) is 12.8 Å². The van der Waals surface area contributed by atoms with Crippen molar-refractivity contribution in [1.82, 2.24) is 14.4 Å². The van der Waals surface area contributed by atoms with Crippen molar-refractivity contribution in [3.05, 3.63) is 102 Å². The second-order valence-electron chi connectivity index (χ2n) is 8.69. The van der Waals surface area contributed by atoms with Gasteiger partial charge in [0.05, 0.1) is 0 Å². The van der Waals surface area contributed by atoms with E-state index in [4.69, 9.17) is 4.98 Å². The second kappa shape index (κ2) is 5.38. The molecule has 144 valence electrons. The lowest BCUT2D eigenvalue weighted by molar-refractivity contribution is 1.20. The SMILES string of the molecule is c1ccc2c(c1)Cc1cc3c(cc1-2)-c1c(ccc2c4cccnc4n4ccnc4c12)C3. The Bertz CT molecular complexity index is 1740. The summed E-state index contributed by atoms with van der Waals surface area (Å²) in [6, 6.07) is 22.5. The van der Waals surface area contributed by atoms with E-state index >= 15 is 0 Å². The average Bonchev–Trinajstić information content (AvgIpc) is 3.52. The minimum Gasteiger partial charge on any atom is -0.283 e. The van der Waals surface area contributed by atoms with Crippen molar-refractivity contribution in [2.45, 2.75) is 12.8 Å². The molecule has 3 heterocycles. The van der Waals surface area contributed by atoms with Crippen molar-refractivity contribution in [3.63, 3.8) is 0 Å². The maximum atomic E-state index is 4.78. The largest absolute Gasteiger partial charge is 0.283 e. The van der Waals surface area contributed by atoms with Gasteiger partial charge in [0.2, 0.25) is 0 Å². The predicted molar refractivity (Wildman–Crippen MR) is 124 cm³/mol. The Labute approximate surface area is 178 Å². The lowest BCUT2D eigenvalue weighted by Crippen LogP contribution is -1.95. The Hall–Kier alpha value is -3.98. The van der Waals surface area contributed by atoms with Crippen molar-refractivity contribution < 1.29 is 0 Å². The number of aromatic nitrogens is 3. The van der Waals surface area contributed by atoms with Gasteiger partial charge in [-0.3, -0.25) is 4.40 Å². The van der Waals surface area contributed by atoms with Crippen molar-refractivity contribution in [2.24, 2.45) is 0 Å². The van der Waals surface area contributed by atoms with Gasteiger partial charge in [0.25, 0.3) is 0 Å². The minimum atomic E-state index is 0.962. The normalized spacial score (nSPS) is 13.5. The van der Waals surface area contributed by atoms with E-state index in [9.17, 15) is 0 Å². The van der Waals surface area contributed by atoms with Gasteiger partial charge in [0, 0.05) is 29.4 Å². The third-order valence-electron chi connectivity index (χ3n) is 7.13. The summed E-state index contributed by atoms with van der Waals surface area (Å²) in [6.07, 6.45) is 7.80. The van der Waals surface area contributed by atoms with E-state index in [-0.39, 0.29) is 0 Å². The summed E-state index contributed by atoms with van der Waals surface area (Å²) in [5, 5.41) is 3.65. The Balaban J connectivity index is 1.53. The third-order valence-corrected chi connectivity index (χ3v) is 7.13. The molecular weight excluding hydrogens is 378 g/mol. The van der Waals surface area contributed by atoms with Crippen LogP contribution < -0.4 is 0 Å². The molecule has 3 nitrogen and oxygen atoms in total. The van der Waals surface area contributed by atoms with Gasteiger partial charge in [-0.25, -0.2) is 9.97 Å². The Kier molecular flexibility index (Phi) is 2.74. The van der Waals surface area contributed by atoms with Crippen LogP contribution in [0.25, 0.3) is 49.7 Å². The van der Waals surface area contributed by atoms with Crippen molar-refractivity contribution in [3.8, 4) is 22.3 Å². The first-order chi connectivity index (χ1) is 15.4. The summed E-state index contributed by atoms with van der Waals surface area (Å²) in [6.45, 7) is 0. The zero-order chi connectivity index (χ0) is 20.1. The van der Waals surface area contributed by atoms with E-state index in [1.807, 2.05) is 24.7 Å². The van der Waals surface area contributed by atoms with Crippen molar-refractivity contribution in [1.29, 1.82) is 0 Å². The van der Waals surface area contributed by atoms with Crippen LogP contribution >= 0.6 is 0 Å². The Morgan fingerprint density at radius 1 is 0.613 bits per heavy atom. The number of rotatable bonds is 0. The summed E-state index contributed by atoms with van der Waals surface area (Å²) in [7, 11) is 0. The summed E-state index contributed by atoms with van der Waals surface area (Å²) in [5.74, 6) is 0. The van der Waals surface area contributed by atoms with Gasteiger partial charge in [-0.2, -0.15) is 0 Å². The predicted octanol–water partition coefficient (Wildman–Crippen LogP) is 6.18. The molecule has 0 spiro atoms. The van der Waals surface area contributed by atoms with Crippen molar-refractivity contribution in [2.75, 3.05) is 0 Å². The quantitative estimate of drug-likeness (QED) is 0.287. The van der Waals surface area contributed by atoms with Crippen LogP contribution in [0.3, 0.4) is 0 Å². The number of pyridine rings is 2. The molecule has 0 unspecified atom stereocenters. The molecule has 0 aliphatic heterocycles. The van der Waals surface area contributed by atoms with Gasteiger partial charge in [-0.15, -0.1) is 0 Å². The van der Waals surface area contributed by atoms with E-state index in [1.54, 1.807) is 0 Å². The lowest BCUT2D eigenvalue weighted by atomic mass is 9.94. The molecule has 3 aromatic carbocycles. The van der Waals surface area contributed by atoms with Crippen LogP contribution in [0, 0.1) is 0 Å². The first-order valence-electron chi connectivity index (χ1n) is 10.8. The molecule has 0 N–H and O–H groups in total. The highest BCUT2D eigenvalue weighted by molar-refractivity contribution is 6.18. The molecule has 3 heteroatoms. The summed E-state index contributed by atoms with van der Waals surface area (Å²) in [5.41, 5.74) is 13.2. The number of imidazole rings is 1. The van der Waals surface area contributed by atoms with E-state index in [0.29, 0.717) is 0 Å². The Morgan fingerprint density at radius 3 is 2.48 bits per heavy atom. The standard InChI is InChI=1S/C28H17N3/c1-2-5-20-16(4-1)12-18-14-19-13-17-7-8-21-22-6-3-9-29-27(22)31-11-10-30-28(31)26(21)25(17)24(19)15-23(18)20/h1-11,14-15H,12-13H2. The molecule has 3 aromatic heterocycles. The van der Waals surface area contributed by atoms with Crippen molar-refractivity contribution >= 4 is 27.5 Å². The summed E-state index contributed by atoms with van der Waals surface area (Å²) >= 11 is 0. The molecule has 0 saturated carbocycles. The molecule has 0 saturated heterocycles. The van der Waals surface area contributed by atoms with Gasteiger partial charge in [-0.05, 0) is 80.9 Å². The van der Waals surface area contributed by atoms with Crippen LogP contribution in [0.15, 0.2) is 79.3 Å². The van der Waals surface area contributed by atoms with E-state index < -0.39 is 0 Å². The zero-order valence-electron chi connectivity index (χ0n) is 16.8. The smallest absolute Gasteiger partial charge is 0.146 e. The molecule has 6 aromatic rings. The molecule has 8 rings (SSSR count).